The third kappa shape index (κ3) is 0.696. The molecule has 4 nitrogen and oxygen atoms in total. The van der Waals surface area contributed by atoms with Gasteiger partial charge in [-0.25, -0.2) is 0 Å². The molecule has 1 heterocycles. The predicted molar refractivity (Wildman–Crippen MR) is 35.5 cm³/mol. The molecular weight excluding hydrogens is 130 g/mol. The van der Waals surface area contributed by atoms with E-state index in [4.69, 9.17) is 10.3 Å². The summed E-state index contributed by atoms with van der Waals surface area (Å²) in [6, 6.07) is 0.213. The summed E-state index contributed by atoms with van der Waals surface area (Å²) in [7, 11) is 0. The summed E-state index contributed by atoms with van der Waals surface area (Å²) in [6.45, 7) is 0.892. The van der Waals surface area contributed by atoms with Crippen LogP contribution >= 0.6 is 0 Å². The van der Waals surface area contributed by atoms with Gasteiger partial charge in [-0.15, -0.1) is 0 Å². The Morgan fingerprint density at radius 3 is 2.70 bits per heavy atom. The Bertz CT molecular complexity index is 185. The molecule has 1 aliphatic heterocycles. The quantitative estimate of drug-likeness (QED) is 0.309. The van der Waals surface area contributed by atoms with E-state index in [1.807, 2.05) is 0 Å². The molecule has 54 valence electrons. The largest absolute Gasteiger partial charge is 0.375 e. The zero-order valence-electron chi connectivity index (χ0n) is 5.66. The van der Waals surface area contributed by atoms with Crippen LogP contribution in [0.15, 0.2) is 5.11 Å². The normalized spacial score (nSPS) is 43.4. The van der Waals surface area contributed by atoms with Crippen LogP contribution in [0.2, 0.25) is 0 Å². The minimum atomic E-state index is 0.152. The molecule has 0 N–H and O–H groups in total. The lowest BCUT2D eigenvalue weighted by atomic mass is 9.71. The fourth-order valence-corrected chi connectivity index (χ4v) is 1.67. The molecule has 0 unspecified atom stereocenters. The molecule has 0 aromatic rings. The van der Waals surface area contributed by atoms with Gasteiger partial charge in [-0.3, -0.25) is 0 Å². The average molecular weight is 139 g/mol. The maximum Gasteiger partial charge on any atom is 0.0712 e. The molecule has 0 bridgehead atoms. The summed E-state index contributed by atoms with van der Waals surface area (Å²) in [6.07, 6.45) is 3.04. The third-order valence-corrected chi connectivity index (χ3v) is 2.40. The van der Waals surface area contributed by atoms with E-state index in [1.165, 1.54) is 0 Å². The van der Waals surface area contributed by atoms with Gasteiger partial charge in [0.1, 0.15) is 0 Å². The summed E-state index contributed by atoms with van der Waals surface area (Å²) in [4.78, 5) is 2.75. The second-order valence-electron chi connectivity index (χ2n) is 3.05. The van der Waals surface area contributed by atoms with Crippen LogP contribution in [0.1, 0.15) is 19.3 Å². The van der Waals surface area contributed by atoms with Gasteiger partial charge in [0.2, 0.25) is 0 Å². The van der Waals surface area contributed by atoms with Crippen LogP contribution in [0, 0.1) is 0 Å². The first-order valence-corrected chi connectivity index (χ1v) is 3.53. The van der Waals surface area contributed by atoms with Crippen molar-refractivity contribution < 1.29 is 4.74 Å². The Balaban J connectivity index is 1.87. The molecule has 0 aromatic heterocycles. The lowest BCUT2D eigenvalue weighted by molar-refractivity contribution is -0.197. The van der Waals surface area contributed by atoms with Gasteiger partial charge in [-0.05, 0) is 24.8 Å². The highest BCUT2D eigenvalue weighted by Gasteiger charge is 2.49. The third-order valence-electron chi connectivity index (χ3n) is 2.40. The highest BCUT2D eigenvalue weighted by atomic mass is 16.5. The first kappa shape index (κ1) is 6.01. The molecule has 4 heteroatoms. The molecule has 2 aliphatic rings. The maximum atomic E-state index is 8.08. The van der Waals surface area contributed by atoms with Gasteiger partial charge in [0.25, 0.3) is 0 Å². The summed E-state index contributed by atoms with van der Waals surface area (Å²) in [5.41, 5.74) is 8.23. The van der Waals surface area contributed by atoms with E-state index in [2.05, 4.69) is 10.0 Å². The summed E-state index contributed by atoms with van der Waals surface area (Å²) >= 11 is 0. The SMILES string of the molecule is [N-]=[N+]=NC1CC2(CCO2)C1. The second kappa shape index (κ2) is 1.87. The lowest BCUT2D eigenvalue weighted by Gasteiger charge is -2.52. The summed E-state index contributed by atoms with van der Waals surface area (Å²) < 4.78 is 5.35. The van der Waals surface area contributed by atoms with Crippen molar-refractivity contribution in [3.63, 3.8) is 0 Å². The minimum Gasteiger partial charge on any atom is -0.375 e. The van der Waals surface area contributed by atoms with Crippen molar-refractivity contribution in [3.8, 4) is 0 Å². The first-order chi connectivity index (χ1) is 4.85. The number of hydrogen-bond donors (Lipinski definition) is 0. The van der Waals surface area contributed by atoms with E-state index in [-0.39, 0.29) is 11.6 Å². The molecule has 2 fully saturated rings. The van der Waals surface area contributed by atoms with Crippen molar-refractivity contribution in [3.05, 3.63) is 10.4 Å². The fraction of sp³-hybridized carbons (Fsp3) is 1.00. The van der Waals surface area contributed by atoms with E-state index in [0.717, 1.165) is 25.9 Å². The molecule has 1 spiro atoms. The number of azide groups is 1. The first-order valence-electron chi connectivity index (χ1n) is 3.53. The van der Waals surface area contributed by atoms with E-state index in [1.54, 1.807) is 0 Å². The Kier molecular flexibility index (Phi) is 1.13. The van der Waals surface area contributed by atoms with Crippen LogP contribution in [0.5, 0.6) is 0 Å². The lowest BCUT2D eigenvalue weighted by Crippen LogP contribution is -2.55. The highest BCUT2D eigenvalue weighted by molar-refractivity contribution is 5.03. The standard InChI is InChI=1S/C6H9N3O/c7-9-8-5-3-6(4-5)1-2-10-6/h5H,1-4H2. The van der Waals surface area contributed by atoms with Gasteiger partial charge in [0, 0.05) is 11.0 Å². The van der Waals surface area contributed by atoms with Crippen molar-refractivity contribution in [2.75, 3.05) is 6.61 Å². The van der Waals surface area contributed by atoms with E-state index in [0.29, 0.717) is 0 Å². The zero-order chi connectivity index (χ0) is 7.03. The Morgan fingerprint density at radius 1 is 1.60 bits per heavy atom. The zero-order valence-corrected chi connectivity index (χ0v) is 5.66. The molecule has 2 rings (SSSR count). The fourth-order valence-electron chi connectivity index (χ4n) is 1.67. The van der Waals surface area contributed by atoms with Crippen molar-refractivity contribution >= 4 is 0 Å². The predicted octanol–water partition coefficient (Wildman–Crippen LogP) is 1.62. The Hall–Kier alpha value is -0.730. The van der Waals surface area contributed by atoms with Crippen molar-refractivity contribution in [2.45, 2.75) is 30.9 Å². The number of rotatable bonds is 1. The van der Waals surface area contributed by atoms with Crippen molar-refractivity contribution in [1.29, 1.82) is 0 Å². The van der Waals surface area contributed by atoms with Crippen LogP contribution in [0.4, 0.5) is 0 Å². The van der Waals surface area contributed by atoms with E-state index < -0.39 is 0 Å². The van der Waals surface area contributed by atoms with Gasteiger partial charge in [-0.2, -0.15) is 0 Å². The van der Waals surface area contributed by atoms with Gasteiger partial charge in [-0.1, -0.05) is 5.11 Å². The van der Waals surface area contributed by atoms with Crippen LogP contribution < -0.4 is 0 Å². The molecule has 0 amide bonds. The molecule has 1 aliphatic carbocycles. The number of ether oxygens (including phenoxy) is 1. The molecule has 0 radical (unpaired) electrons. The summed E-state index contributed by atoms with van der Waals surface area (Å²) in [5.74, 6) is 0. The maximum absolute atomic E-state index is 8.08. The van der Waals surface area contributed by atoms with Gasteiger partial charge >= 0.3 is 0 Å². The molecule has 10 heavy (non-hydrogen) atoms. The minimum absolute atomic E-state index is 0.152. The molecular formula is C6H9N3O. The number of nitrogens with zero attached hydrogens (tertiary/aromatic N) is 3. The monoisotopic (exact) mass is 139 g/mol. The van der Waals surface area contributed by atoms with Gasteiger partial charge in [0.05, 0.1) is 12.2 Å². The van der Waals surface area contributed by atoms with Crippen LogP contribution in [-0.4, -0.2) is 18.2 Å². The second-order valence-corrected chi connectivity index (χ2v) is 3.05. The molecule has 1 saturated carbocycles. The van der Waals surface area contributed by atoms with Crippen molar-refractivity contribution in [2.24, 2.45) is 5.11 Å². The highest BCUT2D eigenvalue weighted by Crippen LogP contribution is 2.46. The smallest absolute Gasteiger partial charge is 0.0712 e. The van der Waals surface area contributed by atoms with E-state index in [9.17, 15) is 0 Å². The summed E-state index contributed by atoms with van der Waals surface area (Å²) in [5, 5.41) is 3.61. The van der Waals surface area contributed by atoms with Crippen molar-refractivity contribution in [1.82, 2.24) is 0 Å². The van der Waals surface area contributed by atoms with Gasteiger partial charge in [0.15, 0.2) is 0 Å². The Morgan fingerprint density at radius 2 is 2.30 bits per heavy atom. The molecule has 0 atom stereocenters. The van der Waals surface area contributed by atoms with Gasteiger partial charge < -0.3 is 4.74 Å². The van der Waals surface area contributed by atoms with Crippen LogP contribution in [0.25, 0.3) is 10.4 Å². The topological polar surface area (TPSA) is 58.0 Å². The molecule has 0 aromatic carbocycles. The van der Waals surface area contributed by atoms with Crippen LogP contribution in [0.3, 0.4) is 0 Å². The molecule has 1 saturated heterocycles. The number of hydrogen-bond acceptors (Lipinski definition) is 2. The average Bonchev–Trinajstić information content (AvgIpc) is 1.72. The van der Waals surface area contributed by atoms with E-state index >= 15 is 0 Å². The Labute approximate surface area is 58.8 Å². The van der Waals surface area contributed by atoms with Crippen LogP contribution in [-0.2, 0) is 4.74 Å².